The number of hydrogen-bond acceptors (Lipinski definition) is 3. The molecule has 0 amide bonds. The number of hydrogen-bond donors (Lipinski definition) is 0. The first kappa shape index (κ1) is 11.4. The molecule has 1 heterocycles. The van der Waals surface area contributed by atoms with Crippen molar-refractivity contribution in [2.45, 2.75) is 12.8 Å². The lowest BCUT2D eigenvalue weighted by Gasteiger charge is -2.07. The molecule has 0 aromatic carbocycles. The van der Waals surface area contributed by atoms with E-state index in [1.54, 1.807) is 12.1 Å². The van der Waals surface area contributed by atoms with Gasteiger partial charge in [-0.1, -0.05) is 11.6 Å². The van der Waals surface area contributed by atoms with Crippen LogP contribution in [0.25, 0.3) is 0 Å². The summed E-state index contributed by atoms with van der Waals surface area (Å²) in [5, 5.41) is 16.9. The number of nitrogens with zero attached hydrogens (tertiary/aromatic N) is 3. The SMILES string of the molecule is N#CCc1c(C(F)F)cc(Cl)nc1C#N. The molecule has 1 aromatic heterocycles. The van der Waals surface area contributed by atoms with Gasteiger partial charge >= 0.3 is 0 Å². The van der Waals surface area contributed by atoms with Crippen molar-refractivity contribution in [1.82, 2.24) is 4.98 Å². The third kappa shape index (κ3) is 2.39. The van der Waals surface area contributed by atoms with Crippen LogP contribution >= 0.6 is 11.6 Å². The molecule has 0 saturated carbocycles. The Balaban J connectivity index is 3.43. The maximum atomic E-state index is 12.5. The van der Waals surface area contributed by atoms with Crippen molar-refractivity contribution in [3.8, 4) is 12.1 Å². The molecular formula is C9H4ClF2N3. The average molecular weight is 228 g/mol. The van der Waals surface area contributed by atoms with Gasteiger partial charge in [0.15, 0.2) is 0 Å². The van der Waals surface area contributed by atoms with Crippen LogP contribution in [-0.4, -0.2) is 4.98 Å². The molecule has 1 rings (SSSR count). The fraction of sp³-hybridized carbons (Fsp3) is 0.222. The van der Waals surface area contributed by atoms with E-state index in [0.717, 1.165) is 6.07 Å². The lowest BCUT2D eigenvalue weighted by molar-refractivity contribution is 0.150. The number of alkyl halides is 2. The quantitative estimate of drug-likeness (QED) is 0.730. The Morgan fingerprint density at radius 3 is 2.60 bits per heavy atom. The van der Waals surface area contributed by atoms with Crippen molar-refractivity contribution in [3.05, 3.63) is 28.0 Å². The molecule has 6 heteroatoms. The van der Waals surface area contributed by atoms with Crippen LogP contribution in [0.2, 0.25) is 5.15 Å². The van der Waals surface area contributed by atoms with Gasteiger partial charge in [0.05, 0.1) is 12.5 Å². The maximum Gasteiger partial charge on any atom is 0.264 e. The van der Waals surface area contributed by atoms with E-state index >= 15 is 0 Å². The smallest absolute Gasteiger partial charge is 0.225 e. The zero-order valence-electron chi connectivity index (χ0n) is 7.34. The van der Waals surface area contributed by atoms with Crippen LogP contribution < -0.4 is 0 Å². The van der Waals surface area contributed by atoms with Crippen molar-refractivity contribution >= 4 is 11.6 Å². The van der Waals surface area contributed by atoms with E-state index in [4.69, 9.17) is 22.1 Å². The van der Waals surface area contributed by atoms with Crippen molar-refractivity contribution < 1.29 is 8.78 Å². The molecule has 0 N–H and O–H groups in total. The summed E-state index contributed by atoms with van der Waals surface area (Å²) in [6, 6.07) is 4.31. The highest BCUT2D eigenvalue weighted by atomic mass is 35.5. The second-order valence-corrected chi connectivity index (χ2v) is 3.00. The molecule has 0 fully saturated rings. The highest BCUT2D eigenvalue weighted by molar-refractivity contribution is 6.29. The number of aromatic nitrogens is 1. The summed E-state index contributed by atoms with van der Waals surface area (Å²) in [6.45, 7) is 0. The van der Waals surface area contributed by atoms with E-state index in [1.807, 2.05) is 0 Å². The molecule has 0 saturated heterocycles. The predicted molar refractivity (Wildman–Crippen MR) is 48.2 cm³/mol. The Kier molecular flexibility index (Phi) is 3.54. The van der Waals surface area contributed by atoms with Gasteiger partial charge < -0.3 is 0 Å². The molecule has 0 aliphatic carbocycles. The third-order valence-corrected chi connectivity index (χ3v) is 1.92. The van der Waals surface area contributed by atoms with Crippen LogP contribution in [0, 0.1) is 22.7 Å². The van der Waals surface area contributed by atoms with E-state index in [2.05, 4.69) is 4.98 Å². The van der Waals surface area contributed by atoms with Gasteiger partial charge in [-0.05, 0) is 6.07 Å². The molecule has 0 aliphatic rings. The summed E-state index contributed by atoms with van der Waals surface area (Å²) >= 11 is 5.47. The molecule has 0 spiro atoms. The molecule has 0 atom stereocenters. The Hall–Kier alpha value is -1.72. The summed E-state index contributed by atoms with van der Waals surface area (Å²) in [7, 11) is 0. The van der Waals surface area contributed by atoms with E-state index in [-0.39, 0.29) is 22.8 Å². The standard InChI is InChI=1S/C9H4ClF2N3/c10-8-3-6(9(11)12)5(1-2-13)7(4-14)15-8/h3,9H,1H2. The van der Waals surface area contributed by atoms with Gasteiger partial charge in [-0.25, -0.2) is 13.8 Å². The second kappa shape index (κ2) is 4.68. The summed E-state index contributed by atoms with van der Waals surface area (Å²) in [5.74, 6) is 0. The normalized spacial score (nSPS) is 9.73. The average Bonchev–Trinajstić information content (AvgIpc) is 2.19. The fourth-order valence-electron chi connectivity index (χ4n) is 1.11. The molecule has 3 nitrogen and oxygen atoms in total. The van der Waals surface area contributed by atoms with Gasteiger partial charge in [0.2, 0.25) is 0 Å². The van der Waals surface area contributed by atoms with E-state index in [0.29, 0.717) is 0 Å². The van der Waals surface area contributed by atoms with E-state index < -0.39 is 12.0 Å². The first-order valence-corrected chi connectivity index (χ1v) is 4.22. The van der Waals surface area contributed by atoms with Gasteiger partial charge in [0.25, 0.3) is 6.43 Å². The molecular weight excluding hydrogens is 224 g/mol. The van der Waals surface area contributed by atoms with Gasteiger partial charge in [-0.2, -0.15) is 10.5 Å². The topological polar surface area (TPSA) is 60.5 Å². The summed E-state index contributed by atoms with van der Waals surface area (Å²) < 4.78 is 25.1. The Labute approximate surface area is 89.5 Å². The first-order valence-electron chi connectivity index (χ1n) is 3.84. The van der Waals surface area contributed by atoms with Crippen molar-refractivity contribution in [2.24, 2.45) is 0 Å². The van der Waals surface area contributed by atoms with Crippen LogP contribution in [0.15, 0.2) is 6.07 Å². The Morgan fingerprint density at radius 2 is 2.13 bits per heavy atom. The molecule has 0 unspecified atom stereocenters. The summed E-state index contributed by atoms with van der Waals surface area (Å²) in [6.07, 6.45) is -3.06. The molecule has 1 aromatic rings. The first-order chi connectivity index (χ1) is 7.10. The minimum Gasteiger partial charge on any atom is -0.225 e. The summed E-state index contributed by atoms with van der Waals surface area (Å²) in [4.78, 5) is 3.57. The minimum absolute atomic E-state index is 0.0561. The van der Waals surface area contributed by atoms with Gasteiger partial charge in [-0.3, -0.25) is 0 Å². The number of pyridine rings is 1. The van der Waals surface area contributed by atoms with Crippen LogP contribution in [0.1, 0.15) is 23.2 Å². The van der Waals surface area contributed by atoms with E-state index in [9.17, 15) is 8.78 Å². The molecule has 0 aliphatic heterocycles. The zero-order valence-corrected chi connectivity index (χ0v) is 8.09. The number of rotatable bonds is 2. The number of nitriles is 2. The minimum atomic E-state index is -2.78. The molecule has 0 radical (unpaired) electrons. The predicted octanol–water partition coefficient (Wildman–Crippen LogP) is 2.61. The van der Waals surface area contributed by atoms with E-state index in [1.165, 1.54) is 0 Å². The van der Waals surface area contributed by atoms with Crippen LogP contribution in [0.5, 0.6) is 0 Å². The lowest BCUT2D eigenvalue weighted by atomic mass is 10.0. The van der Waals surface area contributed by atoms with Gasteiger partial charge in [-0.15, -0.1) is 0 Å². The Bertz CT molecular complexity index is 460. The van der Waals surface area contributed by atoms with Gasteiger partial charge in [0.1, 0.15) is 16.9 Å². The monoisotopic (exact) mass is 227 g/mol. The maximum absolute atomic E-state index is 12.5. The van der Waals surface area contributed by atoms with Crippen LogP contribution in [0.4, 0.5) is 8.78 Å². The van der Waals surface area contributed by atoms with Crippen LogP contribution in [-0.2, 0) is 6.42 Å². The van der Waals surface area contributed by atoms with Gasteiger partial charge in [0, 0.05) is 11.1 Å². The fourth-order valence-corrected chi connectivity index (χ4v) is 1.31. The number of halogens is 3. The highest BCUT2D eigenvalue weighted by Crippen LogP contribution is 2.27. The summed E-state index contributed by atoms with van der Waals surface area (Å²) in [5.41, 5.74) is -0.688. The van der Waals surface area contributed by atoms with Crippen molar-refractivity contribution in [3.63, 3.8) is 0 Å². The molecule has 15 heavy (non-hydrogen) atoms. The van der Waals surface area contributed by atoms with Crippen molar-refractivity contribution in [1.29, 1.82) is 10.5 Å². The molecule has 76 valence electrons. The van der Waals surface area contributed by atoms with Crippen molar-refractivity contribution in [2.75, 3.05) is 0 Å². The third-order valence-electron chi connectivity index (χ3n) is 1.72. The highest BCUT2D eigenvalue weighted by Gasteiger charge is 2.18. The Morgan fingerprint density at radius 1 is 1.47 bits per heavy atom. The second-order valence-electron chi connectivity index (χ2n) is 2.61. The largest absolute Gasteiger partial charge is 0.264 e. The van der Waals surface area contributed by atoms with Crippen LogP contribution in [0.3, 0.4) is 0 Å². The lowest BCUT2D eigenvalue weighted by Crippen LogP contribution is -2.01. The molecule has 0 bridgehead atoms. The zero-order chi connectivity index (χ0) is 11.4.